The minimum absolute atomic E-state index is 0.337. The van der Waals surface area contributed by atoms with Crippen LogP contribution in [0.15, 0.2) is 18.2 Å². The monoisotopic (exact) mass is 252 g/mol. The molecule has 1 aromatic rings. The second-order valence-corrected chi connectivity index (χ2v) is 3.80. The van der Waals surface area contributed by atoms with Crippen LogP contribution < -0.4 is 11.1 Å². The Morgan fingerprint density at radius 3 is 2.89 bits per heavy atom. The van der Waals surface area contributed by atoms with Gasteiger partial charge in [0.2, 0.25) is 0 Å². The van der Waals surface area contributed by atoms with Gasteiger partial charge in [-0.2, -0.15) is 0 Å². The van der Waals surface area contributed by atoms with E-state index < -0.39 is 5.97 Å². The second-order valence-electron chi connectivity index (χ2n) is 3.80. The predicted octanol–water partition coefficient (Wildman–Crippen LogP) is 1.89. The summed E-state index contributed by atoms with van der Waals surface area (Å²) in [6.07, 6.45) is 0.898. The Morgan fingerprint density at radius 2 is 2.22 bits per heavy atom. The van der Waals surface area contributed by atoms with Gasteiger partial charge in [-0.25, -0.2) is 4.79 Å². The Kier molecular flexibility index (Phi) is 6.00. The third kappa shape index (κ3) is 4.25. The predicted molar refractivity (Wildman–Crippen MR) is 71.8 cm³/mol. The van der Waals surface area contributed by atoms with E-state index in [1.54, 1.807) is 26.2 Å². The average molecular weight is 252 g/mol. The highest BCUT2D eigenvalue weighted by Crippen LogP contribution is 2.18. The largest absolute Gasteiger partial charge is 0.462 e. The molecule has 0 aliphatic carbocycles. The third-order valence-electron chi connectivity index (χ3n) is 2.40. The lowest BCUT2D eigenvalue weighted by atomic mass is 10.1. The van der Waals surface area contributed by atoms with E-state index in [0.29, 0.717) is 24.5 Å². The average Bonchev–Trinajstić information content (AvgIpc) is 2.36. The Hall–Kier alpha value is -1.75. The van der Waals surface area contributed by atoms with Gasteiger partial charge in [0.05, 0.1) is 12.2 Å². The van der Waals surface area contributed by atoms with E-state index in [4.69, 9.17) is 15.2 Å². The highest BCUT2D eigenvalue weighted by atomic mass is 16.5. The van der Waals surface area contributed by atoms with Crippen LogP contribution in [0.25, 0.3) is 0 Å². The fraction of sp³-hybridized carbons (Fsp3) is 0.462. The van der Waals surface area contributed by atoms with Crippen LogP contribution in [0, 0.1) is 0 Å². The summed E-state index contributed by atoms with van der Waals surface area (Å²) >= 11 is 0. The maximum Gasteiger partial charge on any atom is 0.340 e. The maximum atomic E-state index is 11.6. The number of esters is 1. The van der Waals surface area contributed by atoms with Gasteiger partial charge in [0, 0.05) is 31.6 Å². The first-order valence-electron chi connectivity index (χ1n) is 5.98. The zero-order valence-electron chi connectivity index (χ0n) is 10.9. The SMILES string of the molecule is CCOC(=O)c1cc(NCCCOC)ccc1N. The van der Waals surface area contributed by atoms with Crippen LogP contribution in [-0.4, -0.2) is 32.8 Å². The highest BCUT2D eigenvalue weighted by Gasteiger charge is 2.11. The van der Waals surface area contributed by atoms with E-state index >= 15 is 0 Å². The molecular weight excluding hydrogens is 232 g/mol. The molecule has 0 aliphatic heterocycles. The molecule has 0 saturated heterocycles. The lowest BCUT2D eigenvalue weighted by Crippen LogP contribution is -2.10. The van der Waals surface area contributed by atoms with E-state index in [1.165, 1.54) is 0 Å². The first-order chi connectivity index (χ1) is 8.69. The van der Waals surface area contributed by atoms with Crippen molar-refractivity contribution in [2.24, 2.45) is 0 Å². The molecule has 5 nitrogen and oxygen atoms in total. The van der Waals surface area contributed by atoms with Crippen molar-refractivity contribution in [2.75, 3.05) is 37.9 Å². The molecule has 0 amide bonds. The number of nitrogens with one attached hydrogen (secondary N) is 1. The molecule has 0 radical (unpaired) electrons. The summed E-state index contributed by atoms with van der Waals surface area (Å²) < 4.78 is 9.90. The molecule has 0 fully saturated rings. The van der Waals surface area contributed by atoms with Gasteiger partial charge >= 0.3 is 5.97 Å². The quantitative estimate of drug-likeness (QED) is 0.440. The van der Waals surface area contributed by atoms with E-state index in [2.05, 4.69) is 5.32 Å². The molecule has 0 spiro atoms. The zero-order valence-corrected chi connectivity index (χ0v) is 10.9. The Morgan fingerprint density at radius 1 is 1.44 bits per heavy atom. The van der Waals surface area contributed by atoms with Gasteiger partial charge in [-0.15, -0.1) is 0 Å². The van der Waals surface area contributed by atoms with E-state index in [1.807, 2.05) is 6.07 Å². The summed E-state index contributed by atoms with van der Waals surface area (Å²) in [6.45, 7) is 3.58. The number of nitrogens with two attached hydrogens (primary N) is 1. The number of hydrogen-bond donors (Lipinski definition) is 2. The van der Waals surface area contributed by atoms with Crippen molar-refractivity contribution >= 4 is 17.3 Å². The molecule has 0 saturated carbocycles. The minimum Gasteiger partial charge on any atom is -0.462 e. The van der Waals surface area contributed by atoms with Crippen LogP contribution in [0.1, 0.15) is 23.7 Å². The smallest absolute Gasteiger partial charge is 0.340 e. The topological polar surface area (TPSA) is 73.6 Å². The Labute approximate surface area is 107 Å². The number of benzene rings is 1. The summed E-state index contributed by atoms with van der Waals surface area (Å²) in [7, 11) is 1.67. The van der Waals surface area contributed by atoms with Gasteiger partial charge in [-0.1, -0.05) is 0 Å². The minimum atomic E-state index is -0.393. The second kappa shape index (κ2) is 7.55. The van der Waals surface area contributed by atoms with E-state index in [9.17, 15) is 4.79 Å². The van der Waals surface area contributed by atoms with Crippen molar-refractivity contribution in [1.29, 1.82) is 0 Å². The first kappa shape index (κ1) is 14.3. The molecule has 0 heterocycles. The van der Waals surface area contributed by atoms with Crippen LogP contribution in [0.3, 0.4) is 0 Å². The molecule has 1 aromatic carbocycles. The molecular formula is C13H20N2O3. The maximum absolute atomic E-state index is 11.6. The van der Waals surface area contributed by atoms with Gasteiger partial charge < -0.3 is 20.5 Å². The Bertz CT molecular complexity index is 394. The Balaban J connectivity index is 2.65. The lowest BCUT2D eigenvalue weighted by molar-refractivity contribution is 0.0527. The number of carbonyl (C=O) groups is 1. The number of anilines is 2. The number of carbonyl (C=O) groups excluding carboxylic acids is 1. The summed E-state index contributed by atoms with van der Waals surface area (Å²) in [6, 6.07) is 5.25. The molecule has 0 aromatic heterocycles. The molecule has 0 unspecified atom stereocenters. The van der Waals surface area contributed by atoms with Crippen molar-refractivity contribution in [3.8, 4) is 0 Å². The molecule has 100 valence electrons. The summed E-state index contributed by atoms with van der Waals surface area (Å²) in [5.41, 5.74) is 7.42. The molecule has 18 heavy (non-hydrogen) atoms. The number of ether oxygens (including phenoxy) is 2. The van der Waals surface area contributed by atoms with Crippen LogP contribution >= 0.6 is 0 Å². The van der Waals surface area contributed by atoms with E-state index in [-0.39, 0.29) is 0 Å². The molecule has 0 bridgehead atoms. The van der Waals surface area contributed by atoms with Crippen molar-refractivity contribution in [3.05, 3.63) is 23.8 Å². The van der Waals surface area contributed by atoms with Crippen molar-refractivity contribution in [2.45, 2.75) is 13.3 Å². The summed E-state index contributed by atoms with van der Waals surface area (Å²) in [5.74, 6) is -0.393. The molecule has 0 atom stereocenters. The molecule has 3 N–H and O–H groups in total. The number of hydrogen-bond acceptors (Lipinski definition) is 5. The van der Waals surface area contributed by atoms with Crippen LogP contribution in [0.4, 0.5) is 11.4 Å². The number of methoxy groups -OCH3 is 1. The van der Waals surface area contributed by atoms with Gasteiger partial charge in [-0.05, 0) is 31.5 Å². The number of nitrogen functional groups attached to an aromatic ring is 1. The fourth-order valence-corrected chi connectivity index (χ4v) is 1.50. The summed E-state index contributed by atoms with van der Waals surface area (Å²) in [5, 5.41) is 3.20. The lowest BCUT2D eigenvalue weighted by Gasteiger charge is -2.10. The van der Waals surface area contributed by atoms with Crippen molar-refractivity contribution in [3.63, 3.8) is 0 Å². The van der Waals surface area contributed by atoms with Gasteiger partial charge in [-0.3, -0.25) is 0 Å². The zero-order chi connectivity index (χ0) is 13.4. The van der Waals surface area contributed by atoms with Crippen molar-refractivity contribution < 1.29 is 14.3 Å². The first-order valence-corrected chi connectivity index (χ1v) is 5.98. The normalized spacial score (nSPS) is 10.1. The van der Waals surface area contributed by atoms with Crippen LogP contribution in [-0.2, 0) is 9.47 Å². The van der Waals surface area contributed by atoms with Gasteiger partial charge in [0.1, 0.15) is 0 Å². The molecule has 5 heteroatoms. The van der Waals surface area contributed by atoms with Crippen LogP contribution in [0.2, 0.25) is 0 Å². The van der Waals surface area contributed by atoms with Gasteiger partial charge in [0.15, 0.2) is 0 Å². The molecule has 1 rings (SSSR count). The van der Waals surface area contributed by atoms with Gasteiger partial charge in [0.25, 0.3) is 0 Å². The van der Waals surface area contributed by atoms with Crippen LogP contribution in [0.5, 0.6) is 0 Å². The molecule has 0 aliphatic rings. The van der Waals surface area contributed by atoms with E-state index in [0.717, 1.165) is 18.7 Å². The fourth-order valence-electron chi connectivity index (χ4n) is 1.50. The number of rotatable bonds is 7. The standard InChI is InChI=1S/C13H20N2O3/c1-3-18-13(16)11-9-10(5-6-12(11)14)15-7-4-8-17-2/h5-6,9,15H,3-4,7-8,14H2,1-2H3. The highest BCUT2D eigenvalue weighted by molar-refractivity contribution is 5.96. The summed E-state index contributed by atoms with van der Waals surface area (Å²) in [4.78, 5) is 11.6. The van der Waals surface area contributed by atoms with Crippen molar-refractivity contribution in [1.82, 2.24) is 0 Å². The third-order valence-corrected chi connectivity index (χ3v) is 2.40.